The van der Waals surface area contributed by atoms with Crippen LogP contribution in [-0.2, 0) is 0 Å². The van der Waals surface area contributed by atoms with Gasteiger partial charge in [-0.3, -0.25) is 0 Å². The van der Waals surface area contributed by atoms with Crippen molar-refractivity contribution < 1.29 is 4.74 Å². The second kappa shape index (κ2) is 8.82. The lowest BCUT2D eigenvalue weighted by Crippen LogP contribution is -2.32. The van der Waals surface area contributed by atoms with Crippen LogP contribution in [0.15, 0.2) is 12.3 Å². The first-order valence-electron chi connectivity index (χ1n) is 8.21. The van der Waals surface area contributed by atoms with E-state index < -0.39 is 0 Å². The molecular weight excluding hydrogens is 264 g/mol. The fraction of sp³-hybridized carbons (Fsp3) is 0.750. The molecule has 1 aromatic rings. The van der Waals surface area contributed by atoms with Crippen LogP contribution in [0.3, 0.4) is 0 Å². The second-order valence-corrected chi connectivity index (χ2v) is 5.95. The molecule has 0 atom stereocenters. The summed E-state index contributed by atoms with van der Waals surface area (Å²) in [6.45, 7) is 5.77. The van der Waals surface area contributed by atoms with Crippen LogP contribution in [0.25, 0.3) is 0 Å². The quantitative estimate of drug-likeness (QED) is 0.597. The third-order valence-electron chi connectivity index (χ3n) is 3.68. The van der Waals surface area contributed by atoms with E-state index in [2.05, 4.69) is 20.6 Å². The molecule has 2 rings (SSSR count). The van der Waals surface area contributed by atoms with Gasteiger partial charge in [-0.05, 0) is 26.7 Å². The van der Waals surface area contributed by atoms with Crippen molar-refractivity contribution in [2.75, 3.05) is 18.4 Å². The molecule has 0 bridgehead atoms. The highest BCUT2D eigenvalue weighted by atomic mass is 16.5. The van der Waals surface area contributed by atoms with Gasteiger partial charge in [-0.25, -0.2) is 4.98 Å². The smallest absolute Gasteiger partial charge is 0.225 e. The number of aromatic nitrogens is 2. The molecule has 5 nitrogen and oxygen atoms in total. The van der Waals surface area contributed by atoms with E-state index in [1.165, 1.54) is 38.5 Å². The molecule has 1 aromatic heterocycles. The van der Waals surface area contributed by atoms with Crippen molar-refractivity contribution in [1.82, 2.24) is 15.3 Å². The third kappa shape index (κ3) is 6.29. The molecule has 0 amide bonds. The average molecular weight is 292 g/mol. The van der Waals surface area contributed by atoms with E-state index in [9.17, 15) is 0 Å². The van der Waals surface area contributed by atoms with Gasteiger partial charge in [-0.1, -0.05) is 25.7 Å². The van der Waals surface area contributed by atoms with E-state index in [4.69, 9.17) is 4.74 Å². The molecule has 0 spiro atoms. The lowest BCUT2D eigenvalue weighted by atomic mass is 10.1. The molecule has 0 radical (unpaired) electrons. The Morgan fingerprint density at radius 2 is 1.95 bits per heavy atom. The van der Waals surface area contributed by atoms with Crippen LogP contribution in [0.5, 0.6) is 5.88 Å². The number of ether oxygens (including phenoxy) is 1. The molecule has 118 valence electrons. The third-order valence-corrected chi connectivity index (χ3v) is 3.68. The number of nitrogens with one attached hydrogen (secondary N) is 2. The zero-order valence-corrected chi connectivity index (χ0v) is 13.3. The summed E-state index contributed by atoms with van der Waals surface area (Å²) in [5.41, 5.74) is 0. The van der Waals surface area contributed by atoms with Crippen molar-refractivity contribution in [1.29, 1.82) is 0 Å². The van der Waals surface area contributed by atoms with Crippen LogP contribution in [0, 0.1) is 0 Å². The van der Waals surface area contributed by atoms with E-state index in [0.29, 0.717) is 17.9 Å². The van der Waals surface area contributed by atoms with Crippen molar-refractivity contribution >= 4 is 5.95 Å². The molecule has 5 heteroatoms. The molecule has 1 saturated carbocycles. The Hall–Kier alpha value is -1.36. The van der Waals surface area contributed by atoms with Gasteiger partial charge in [-0.2, -0.15) is 4.98 Å². The maximum atomic E-state index is 5.56. The van der Waals surface area contributed by atoms with Crippen LogP contribution < -0.4 is 15.4 Å². The lowest BCUT2D eigenvalue weighted by molar-refractivity contribution is 0.232. The van der Waals surface area contributed by atoms with Crippen LogP contribution in [-0.4, -0.2) is 35.2 Å². The Bertz CT molecular complexity index is 403. The normalized spacial score (nSPS) is 16.7. The average Bonchev–Trinajstić information content (AvgIpc) is 2.72. The molecule has 1 fully saturated rings. The monoisotopic (exact) mass is 292 g/mol. The summed E-state index contributed by atoms with van der Waals surface area (Å²) < 4.78 is 5.56. The summed E-state index contributed by atoms with van der Waals surface area (Å²) in [6.07, 6.45) is 10.0. The minimum Gasteiger partial charge on any atom is -0.475 e. The molecule has 0 aliphatic heterocycles. The first-order valence-corrected chi connectivity index (χ1v) is 8.21. The van der Waals surface area contributed by atoms with Gasteiger partial charge >= 0.3 is 0 Å². The summed E-state index contributed by atoms with van der Waals surface area (Å²) in [7, 11) is 0. The Morgan fingerprint density at radius 3 is 2.67 bits per heavy atom. The zero-order chi connectivity index (χ0) is 14.9. The van der Waals surface area contributed by atoms with Crippen LogP contribution in [0.2, 0.25) is 0 Å². The van der Waals surface area contributed by atoms with Crippen LogP contribution in [0.1, 0.15) is 52.4 Å². The largest absolute Gasteiger partial charge is 0.475 e. The van der Waals surface area contributed by atoms with Gasteiger partial charge < -0.3 is 15.4 Å². The summed E-state index contributed by atoms with van der Waals surface area (Å²) in [6, 6.07) is 2.47. The number of anilines is 1. The minimum absolute atomic E-state index is 0.129. The highest BCUT2D eigenvalue weighted by Crippen LogP contribution is 2.17. The molecule has 1 heterocycles. The molecule has 0 saturated heterocycles. The van der Waals surface area contributed by atoms with E-state index >= 15 is 0 Å². The van der Waals surface area contributed by atoms with Gasteiger partial charge in [-0.15, -0.1) is 0 Å². The number of rotatable bonds is 7. The first-order chi connectivity index (χ1) is 10.2. The lowest BCUT2D eigenvalue weighted by Gasteiger charge is -2.16. The molecule has 21 heavy (non-hydrogen) atoms. The fourth-order valence-corrected chi connectivity index (χ4v) is 2.67. The molecule has 1 aliphatic carbocycles. The topological polar surface area (TPSA) is 59.1 Å². The van der Waals surface area contributed by atoms with Gasteiger partial charge in [0.1, 0.15) is 0 Å². The standard InChI is InChI=1S/C16H28N4O/c1-13(2)21-15-9-10-18-16(20-15)19-12-11-17-14-7-5-3-4-6-8-14/h9-10,13-14,17H,3-8,11-12H2,1-2H3,(H,18,19,20). The molecule has 0 unspecified atom stereocenters. The molecule has 0 aromatic carbocycles. The highest BCUT2D eigenvalue weighted by Gasteiger charge is 2.10. The van der Waals surface area contributed by atoms with Crippen molar-refractivity contribution in [2.45, 2.75) is 64.5 Å². The summed E-state index contributed by atoms with van der Waals surface area (Å²) >= 11 is 0. The number of hydrogen-bond acceptors (Lipinski definition) is 5. The summed E-state index contributed by atoms with van der Waals surface area (Å²) in [5, 5.41) is 6.88. The van der Waals surface area contributed by atoms with Crippen LogP contribution >= 0.6 is 0 Å². The van der Waals surface area contributed by atoms with Crippen LogP contribution in [0.4, 0.5) is 5.95 Å². The minimum atomic E-state index is 0.129. The Morgan fingerprint density at radius 1 is 1.19 bits per heavy atom. The van der Waals surface area contributed by atoms with E-state index in [-0.39, 0.29) is 6.10 Å². The Labute approximate surface area is 127 Å². The Kier molecular flexibility index (Phi) is 6.73. The van der Waals surface area contributed by atoms with Gasteiger partial charge in [0.2, 0.25) is 11.8 Å². The maximum absolute atomic E-state index is 5.56. The molecular formula is C16H28N4O. The second-order valence-electron chi connectivity index (χ2n) is 5.95. The zero-order valence-electron chi connectivity index (χ0n) is 13.3. The van der Waals surface area contributed by atoms with Crippen molar-refractivity contribution in [3.05, 3.63) is 12.3 Å². The van der Waals surface area contributed by atoms with Crippen molar-refractivity contribution in [3.63, 3.8) is 0 Å². The number of nitrogens with zero attached hydrogens (tertiary/aromatic N) is 2. The SMILES string of the molecule is CC(C)Oc1ccnc(NCCNC2CCCCCC2)n1. The highest BCUT2D eigenvalue weighted by molar-refractivity contribution is 5.27. The predicted molar refractivity (Wildman–Crippen MR) is 85.8 cm³/mol. The first kappa shape index (κ1) is 16.0. The van der Waals surface area contributed by atoms with Gasteiger partial charge in [0.05, 0.1) is 6.10 Å². The predicted octanol–water partition coefficient (Wildman–Crippen LogP) is 2.99. The number of hydrogen-bond donors (Lipinski definition) is 2. The molecule has 2 N–H and O–H groups in total. The van der Waals surface area contributed by atoms with E-state index in [1.807, 2.05) is 13.8 Å². The maximum Gasteiger partial charge on any atom is 0.225 e. The van der Waals surface area contributed by atoms with Gasteiger partial charge in [0.15, 0.2) is 0 Å². The summed E-state index contributed by atoms with van der Waals surface area (Å²) in [4.78, 5) is 8.56. The molecule has 1 aliphatic rings. The van der Waals surface area contributed by atoms with Gasteiger partial charge in [0, 0.05) is 31.4 Å². The van der Waals surface area contributed by atoms with Crippen molar-refractivity contribution in [3.8, 4) is 5.88 Å². The van der Waals surface area contributed by atoms with E-state index in [1.54, 1.807) is 12.3 Å². The van der Waals surface area contributed by atoms with Crippen molar-refractivity contribution in [2.24, 2.45) is 0 Å². The summed E-state index contributed by atoms with van der Waals surface area (Å²) in [5.74, 6) is 1.26. The Balaban J connectivity index is 1.68. The van der Waals surface area contributed by atoms with E-state index in [0.717, 1.165) is 13.1 Å². The fourth-order valence-electron chi connectivity index (χ4n) is 2.67. The van der Waals surface area contributed by atoms with Gasteiger partial charge in [0.25, 0.3) is 0 Å².